The largest absolute Gasteiger partial charge is 0.0594 e. The second kappa shape index (κ2) is 4.68. The molecule has 0 bridgehead atoms. The van der Waals surface area contributed by atoms with Gasteiger partial charge in [0, 0.05) is 0 Å². The van der Waals surface area contributed by atoms with Gasteiger partial charge in [0.1, 0.15) is 0 Å². The molecule has 2 aliphatic rings. The third-order valence-corrected chi connectivity index (χ3v) is 4.84. The highest BCUT2D eigenvalue weighted by Gasteiger charge is 2.34. The smallest absolute Gasteiger partial charge is 0.0298 e. The molecule has 82 valence electrons. The van der Waals surface area contributed by atoms with Crippen LogP contribution < -0.4 is 0 Å². The van der Waals surface area contributed by atoms with E-state index in [0.717, 1.165) is 11.3 Å². The molecule has 0 aromatic rings. The molecular formula is C14H26. The number of rotatable bonds is 1. The molecule has 0 saturated heterocycles. The molecule has 0 nitrogen and oxygen atoms in total. The maximum Gasteiger partial charge on any atom is -0.0298 e. The summed E-state index contributed by atoms with van der Waals surface area (Å²) in [5, 5.41) is 0. The summed E-state index contributed by atoms with van der Waals surface area (Å²) in [4.78, 5) is 0. The normalized spacial score (nSPS) is 29.8. The molecule has 0 aromatic heterocycles. The molecule has 0 spiro atoms. The summed E-state index contributed by atoms with van der Waals surface area (Å²) in [6, 6.07) is 0. The second-order valence-corrected chi connectivity index (χ2v) is 5.90. The Morgan fingerprint density at radius 1 is 0.714 bits per heavy atom. The minimum atomic E-state index is 0.733. The summed E-state index contributed by atoms with van der Waals surface area (Å²) in [5.74, 6) is 1.08. The molecule has 0 aromatic carbocycles. The van der Waals surface area contributed by atoms with E-state index in [0.29, 0.717) is 0 Å². The Kier molecular flexibility index (Phi) is 3.52. The van der Waals surface area contributed by atoms with Gasteiger partial charge in [-0.15, -0.1) is 0 Å². The number of hydrogen-bond acceptors (Lipinski definition) is 0. The van der Waals surface area contributed by atoms with Gasteiger partial charge in [0.25, 0.3) is 0 Å². The first-order chi connectivity index (χ1) is 6.81. The standard InChI is InChI=1S/C14H26/c1-14(11-7-2-3-8-12-14)13-9-5-4-6-10-13/h13H,2-12H2,1H3. The minimum Gasteiger partial charge on any atom is -0.0594 e. The van der Waals surface area contributed by atoms with E-state index >= 15 is 0 Å². The Morgan fingerprint density at radius 3 is 1.79 bits per heavy atom. The van der Waals surface area contributed by atoms with Crippen LogP contribution >= 0.6 is 0 Å². The maximum absolute atomic E-state index is 2.59. The summed E-state index contributed by atoms with van der Waals surface area (Å²) < 4.78 is 0. The van der Waals surface area contributed by atoms with Gasteiger partial charge in [-0.05, 0) is 37.0 Å². The fraction of sp³-hybridized carbons (Fsp3) is 1.00. The lowest BCUT2D eigenvalue weighted by molar-refractivity contribution is 0.116. The van der Waals surface area contributed by atoms with Crippen LogP contribution in [0.3, 0.4) is 0 Å². The predicted octanol–water partition coefficient (Wildman–Crippen LogP) is 4.93. The van der Waals surface area contributed by atoms with Crippen molar-refractivity contribution in [1.82, 2.24) is 0 Å². The first-order valence-electron chi connectivity index (χ1n) is 6.81. The molecule has 0 heterocycles. The third kappa shape index (κ3) is 2.32. The van der Waals surface area contributed by atoms with Gasteiger partial charge in [0.05, 0.1) is 0 Å². The first kappa shape index (κ1) is 10.5. The van der Waals surface area contributed by atoms with Gasteiger partial charge in [0.15, 0.2) is 0 Å². The van der Waals surface area contributed by atoms with Gasteiger partial charge in [0.2, 0.25) is 0 Å². The molecule has 0 unspecified atom stereocenters. The van der Waals surface area contributed by atoms with Crippen molar-refractivity contribution in [2.24, 2.45) is 11.3 Å². The van der Waals surface area contributed by atoms with Gasteiger partial charge in [-0.1, -0.05) is 51.9 Å². The predicted molar refractivity (Wildman–Crippen MR) is 62.4 cm³/mol. The van der Waals surface area contributed by atoms with Crippen molar-refractivity contribution < 1.29 is 0 Å². The molecule has 14 heavy (non-hydrogen) atoms. The van der Waals surface area contributed by atoms with Crippen molar-refractivity contribution >= 4 is 0 Å². The Bertz CT molecular complexity index is 157. The third-order valence-electron chi connectivity index (χ3n) is 4.84. The molecule has 0 atom stereocenters. The van der Waals surface area contributed by atoms with E-state index in [1.54, 1.807) is 0 Å². The van der Waals surface area contributed by atoms with Crippen molar-refractivity contribution in [2.45, 2.75) is 77.6 Å². The monoisotopic (exact) mass is 194 g/mol. The summed E-state index contributed by atoms with van der Waals surface area (Å²) in [7, 11) is 0. The van der Waals surface area contributed by atoms with E-state index in [-0.39, 0.29) is 0 Å². The second-order valence-electron chi connectivity index (χ2n) is 5.90. The molecule has 2 aliphatic carbocycles. The molecular weight excluding hydrogens is 168 g/mol. The molecule has 0 amide bonds. The molecule has 0 aliphatic heterocycles. The van der Waals surface area contributed by atoms with Crippen LogP contribution in [-0.2, 0) is 0 Å². The zero-order valence-corrected chi connectivity index (χ0v) is 9.86. The Morgan fingerprint density at radius 2 is 1.21 bits per heavy atom. The van der Waals surface area contributed by atoms with E-state index < -0.39 is 0 Å². The summed E-state index contributed by atoms with van der Waals surface area (Å²) in [6.07, 6.45) is 16.7. The average molecular weight is 194 g/mol. The minimum absolute atomic E-state index is 0.733. The van der Waals surface area contributed by atoms with Gasteiger partial charge in [-0.3, -0.25) is 0 Å². The molecule has 2 rings (SSSR count). The van der Waals surface area contributed by atoms with Gasteiger partial charge in [-0.25, -0.2) is 0 Å². The highest BCUT2D eigenvalue weighted by Crippen LogP contribution is 2.46. The lowest BCUT2D eigenvalue weighted by Gasteiger charge is -2.39. The highest BCUT2D eigenvalue weighted by atomic mass is 14.4. The maximum atomic E-state index is 2.59. The van der Waals surface area contributed by atoms with Crippen LogP contribution in [0.1, 0.15) is 77.6 Å². The lowest BCUT2D eigenvalue weighted by Crippen LogP contribution is -2.28. The summed E-state index contributed by atoms with van der Waals surface area (Å²) in [5.41, 5.74) is 0.733. The van der Waals surface area contributed by atoms with Crippen LogP contribution in [0.2, 0.25) is 0 Å². The van der Waals surface area contributed by atoms with E-state index in [1.807, 2.05) is 0 Å². The Hall–Kier alpha value is 0. The van der Waals surface area contributed by atoms with Crippen molar-refractivity contribution in [3.05, 3.63) is 0 Å². The zero-order chi connectivity index (χ0) is 9.86. The van der Waals surface area contributed by atoms with Crippen LogP contribution in [0.5, 0.6) is 0 Å². The molecule has 0 N–H and O–H groups in total. The van der Waals surface area contributed by atoms with Crippen molar-refractivity contribution in [3.63, 3.8) is 0 Å². The van der Waals surface area contributed by atoms with Crippen molar-refractivity contribution in [3.8, 4) is 0 Å². The molecule has 0 heteroatoms. The van der Waals surface area contributed by atoms with Crippen LogP contribution in [0.25, 0.3) is 0 Å². The van der Waals surface area contributed by atoms with Crippen LogP contribution in [0.4, 0.5) is 0 Å². The lowest BCUT2D eigenvalue weighted by atomic mass is 9.66. The average Bonchev–Trinajstić information content (AvgIpc) is 2.46. The van der Waals surface area contributed by atoms with E-state index in [1.165, 1.54) is 70.6 Å². The van der Waals surface area contributed by atoms with E-state index in [9.17, 15) is 0 Å². The SMILES string of the molecule is CC1(C2CCCCC2)CCCCCC1. The van der Waals surface area contributed by atoms with Crippen LogP contribution in [-0.4, -0.2) is 0 Å². The van der Waals surface area contributed by atoms with Gasteiger partial charge >= 0.3 is 0 Å². The van der Waals surface area contributed by atoms with Crippen molar-refractivity contribution in [2.75, 3.05) is 0 Å². The summed E-state index contributed by atoms with van der Waals surface area (Å²) in [6.45, 7) is 2.59. The van der Waals surface area contributed by atoms with Gasteiger partial charge < -0.3 is 0 Å². The zero-order valence-electron chi connectivity index (χ0n) is 9.86. The van der Waals surface area contributed by atoms with E-state index in [4.69, 9.17) is 0 Å². The van der Waals surface area contributed by atoms with Crippen LogP contribution in [0.15, 0.2) is 0 Å². The van der Waals surface area contributed by atoms with Crippen molar-refractivity contribution in [1.29, 1.82) is 0 Å². The molecule has 0 radical (unpaired) electrons. The van der Waals surface area contributed by atoms with Crippen LogP contribution in [0, 0.1) is 11.3 Å². The fourth-order valence-electron chi connectivity index (χ4n) is 3.74. The molecule has 2 saturated carbocycles. The Labute approximate surface area is 89.5 Å². The topological polar surface area (TPSA) is 0 Å². The first-order valence-corrected chi connectivity index (χ1v) is 6.81. The fourth-order valence-corrected chi connectivity index (χ4v) is 3.74. The molecule has 2 fully saturated rings. The Balaban J connectivity index is 1.96. The van der Waals surface area contributed by atoms with E-state index in [2.05, 4.69) is 6.92 Å². The van der Waals surface area contributed by atoms with Gasteiger partial charge in [-0.2, -0.15) is 0 Å². The highest BCUT2D eigenvalue weighted by molar-refractivity contribution is 4.85. The summed E-state index contributed by atoms with van der Waals surface area (Å²) >= 11 is 0. The quantitative estimate of drug-likeness (QED) is 0.519. The number of hydrogen-bond donors (Lipinski definition) is 0.